The highest BCUT2D eigenvalue weighted by atomic mass is 19.1. The van der Waals surface area contributed by atoms with Gasteiger partial charge in [-0.1, -0.05) is 12.1 Å². The second-order valence-corrected chi connectivity index (χ2v) is 7.76. The number of aromatic nitrogens is 3. The van der Waals surface area contributed by atoms with Crippen molar-refractivity contribution in [2.75, 3.05) is 25.1 Å². The SMILES string of the molecule is Cc1ccc([C@@H](CO)n2ccc(-c3ccnc(N[C@H]4CCOC[C@H]4F)n3)cc2=O)cc1F. The number of pyridine rings is 1. The molecule has 3 atom stereocenters. The lowest BCUT2D eigenvalue weighted by Crippen LogP contribution is -2.39. The zero-order valence-corrected chi connectivity index (χ0v) is 17.5. The van der Waals surface area contributed by atoms with Crippen molar-refractivity contribution in [2.24, 2.45) is 0 Å². The Kier molecular flexibility index (Phi) is 6.57. The quantitative estimate of drug-likeness (QED) is 0.610. The fourth-order valence-corrected chi connectivity index (χ4v) is 3.70. The number of hydrogen-bond donors (Lipinski definition) is 2. The number of nitrogens with zero attached hydrogens (tertiary/aromatic N) is 3. The van der Waals surface area contributed by atoms with Crippen molar-refractivity contribution in [2.45, 2.75) is 31.6 Å². The van der Waals surface area contributed by atoms with Crippen LogP contribution in [0.15, 0.2) is 53.6 Å². The summed E-state index contributed by atoms with van der Waals surface area (Å²) in [7, 11) is 0. The molecule has 1 fully saturated rings. The molecule has 1 saturated heterocycles. The number of rotatable bonds is 6. The molecule has 3 heterocycles. The lowest BCUT2D eigenvalue weighted by atomic mass is 10.0. The van der Waals surface area contributed by atoms with Gasteiger partial charge < -0.3 is 19.7 Å². The molecule has 2 aromatic heterocycles. The molecule has 168 valence electrons. The van der Waals surface area contributed by atoms with Crippen LogP contribution in [0, 0.1) is 12.7 Å². The van der Waals surface area contributed by atoms with E-state index in [0.29, 0.717) is 35.4 Å². The first-order chi connectivity index (χ1) is 15.5. The van der Waals surface area contributed by atoms with Crippen molar-refractivity contribution in [1.29, 1.82) is 0 Å². The predicted octanol–water partition coefficient (Wildman–Crippen LogP) is 2.87. The zero-order chi connectivity index (χ0) is 22.7. The normalized spacial score (nSPS) is 19.5. The third-order valence-corrected chi connectivity index (χ3v) is 5.59. The summed E-state index contributed by atoms with van der Waals surface area (Å²) in [4.78, 5) is 21.4. The molecule has 0 aliphatic carbocycles. The average Bonchev–Trinajstić information content (AvgIpc) is 2.79. The molecule has 2 N–H and O–H groups in total. The number of hydrogen-bond acceptors (Lipinski definition) is 6. The molecule has 4 rings (SSSR count). The minimum absolute atomic E-state index is 0.0342. The number of aliphatic hydroxyl groups is 1. The Morgan fingerprint density at radius 3 is 2.88 bits per heavy atom. The van der Waals surface area contributed by atoms with Crippen molar-refractivity contribution in [3.8, 4) is 11.3 Å². The van der Waals surface area contributed by atoms with Gasteiger partial charge in [-0.3, -0.25) is 4.79 Å². The number of alkyl halides is 1. The topological polar surface area (TPSA) is 89.3 Å². The van der Waals surface area contributed by atoms with Crippen LogP contribution in [0.2, 0.25) is 0 Å². The van der Waals surface area contributed by atoms with Crippen molar-refractivity contribution >= 4 is 5.95 Å². The van der Waals surface area contributed by atoms with Crippen LogP contribution in [0.5, 0.6) is 0 Å². The van der Waals surface area contributed by atoms with Crippen LogP contribution in [-0.4, -0.2) is 51.7 Å². The molecule has 7 nitrogen and oxygen atoms in total. The van der Waals surface area contributed by atoms with Gasteiger partial charge in [-0.2, -0.15) is 0 Å². The third-order valence-electron chi connectivity index (χ3n) is 5.59. The first-order valence-corrected chi connectivity index (χ1v) is 10.4. The third kappa shape index (κ3) is 4.68. The minimum atomic E-state index is -1.15. The van der Waals surface area contributed by atoms with Gasteiger partial charge in [0.1, 0.15) is 12.0 Å². The van der Waals surface area contributed by atoms with E-state index in [-0.39, 0.29) is 24.7 Å². The molecule has 32 heavy (non-hydrogen) atoms. The lowest BCUT2D eigenvalue weighted by molar-refractivity contribution is 0.0284. The Morgan fingerprint density at radius 2 is 2.16 bits per heavy atom. The molecular weight excluding hydrogens is 418 g/mol. The summed E-state index contributed by atoms with van der Waals surface area (Å²) < 4.78 is 34.5. The van der Waals surface area contributed by atoms with E-state index in [1.165, 1.54) is 22.9 Å². The molecule has 1 aromatic carbocycles. The van der Waals surface area contributed by atoms with Crippen LogP contribution in [0.25, 0.3) is 11.3 Å². The van der Waals surface area contributed by atoms with Gasteiger partial charge in [0, 0.05) is 30.6 Å². The maximum Gasteiger partial charge on any atom is 0.251 e. The van der Waals surface area contributed by atoms with E-state index in [1.54, 1.807) is 37.4 Å². The molecule has 3 aromatic rings. The van der Waals surface area contributed by atoms with E-state index < -0.39 is 24.1 Å². The summed E-state index contributed by atoms with van der Waals surface area (Å²) in [5.41, 5.74) is 1.66. The van der Waals surface area contributed by atoms with E-state index in [2.05, 4.69) is 15.3 Å². The second-order valence-electron chi connectivity index (χ2n) is 7.76. The van der Waals surface area contributed by atoms with Gasteiger partial charge in [0.2, 0.25) is 5.95 Å². The van der Waals surface area contributed by atoms with Gasteiger partial charge in [0.15, 0.2) is 0 Å². The van der Waals surface area contributed by atoms with Gasteiger partial charge in [-0.05, 0) is 42.7 Å². The monoisotopic (exact) mass is 442 g/mol. The average molecular weight is 442 g/mol. The Morgan fingerprint density at radius 1 is 1.31 bits per heavy atom. The van der Waals surface area contributed by atoms with Crippen LogP contribution in [0.4, 0.5) is 14.7 Å². The molecule has 9 heteroatoms. The van der Waals surface area contributed by atoms with Gasteiger partial charge in [-0.15, -0.1) is 0 Å². The second kappa shape index (κ2) is 9.54. The van der Waals surface area contributed by atoms with E-state index in [1.807, 2.05) is 0 Å². The smallest absolute Gasteiger partial charge is 0.251 e. The Hall–Kier alpha value is -3.17. The molecule has 0 radical (unpaired) electrons. The van der Waals surface area contributed by atoms with Crippen LogP contribution in [-0.2, 0) is 4.74 Å². The van der Waals surface area contributed by atoms with Gasteiger partial charge in [0.25, 0.3) is 5.56 Å². The maximum absolute atomic E-state index is 14.0. The number of aryl methyl sites for hydroxylation is 1. The highest BCUT2D eigenvalue weighted by Gasteiger charge is 2.26. The number of anilines is 1. The van der Waals surface area contributed by atoms with Crippen LogP contribution < -0.4 is 10.9 Å². The largest absolute Gasteiger partial charge is 0.394 e. The molecule has 0 unspecified atom stereocenters. The van der Waals surface area contributed by atoms with Crippen LogP contribution >= 0.6 is 0 Å². The molecule has 1 aliphatic heterocycles. The first kappa shape index (κ1) is 22.0. The number of ether oxygens (including phenoxy) is 1. The molecule has 0 bridgehead atoms. The van der Waals surface area contributed by atoms with Crippen molar-refractivity contribution in [3.05, 3.63) is 76.1 Å². The summed E-state index contributed by atoms with van der Waals surface area (Å²) in [6.07, 6.45) is 2.44. The number of halogens is 2. The summed E-state index contributed by atoms with van der Waals surface area (Å²) in [6, 6.07) is 8.21. The highest BCUT2D eigenvalue weighted by molar-refractivity contribution is 5.59. The van der Waals surface area contributed by atoms with E-state index in [9.17, 15) is 18.7 Å². The first-order valence-electron chi connectivity index (χ1n) is 10.4. The van der Waals surface area contributed by atoms with Crippen LogP contribution in [0.3, 0.4) is 0 Å². The van der Waals surface area contributed by atoms with Crippen molar-refractivity contribution in [1.82, 2.24) is 14.5 Å². The molecule has 1 aliphatic rings. The summed E-state index contributed by atoms with van der Waals surface area (Å²) in [5, 5.41) is 12.9. The Bertz CT molecular complexity index is 1150. The molecule has 0 spiro atoms. The predicted molar refractivity (Wildman–Crippen MR) is 116 cm³/mol. The maximum atomic E-state index is 14.0. The summed E-state index contributed by atoms with van der Waals surface area (Å²) in [5.74, 6) is -0.128. The van der Waals surface area contributed by atoms with E-state index in [0.717, 1.165) is 0 Å². The summed E-state index contributed by atoms with van der Waals surface area (Å²) >= 11 is 0. The standard InChI is InChI=1S/C23H24F2N4O3/c1-14-2-3-16(10-17(14)24)21(12-30)29-8-5-15(11-22(29)31)19-4-7-26-23(27-19)28-20-6-9-32-13-18(20)25/h2-5,7-8,10-11,18,20-21,30H,6,9,12-13H2,1H3,(H,26,27,28)/t18-,20+,21-/m1/s1. The number of nitrogens with one attached hydrogen (secondary N) is 1. The molecule has 0 amide bonds. The fourth-order valence-electron chi connectivity index (χ4n) is 3.70. The van der Waals surface area contributed by atoms with Crippen molar-refractivity contribution in [3.63, 3.8) is 0 Å². The molecular formula is C23H24F2N4O3. The van der Waals surface area contributed by atoms with Gasteiger partial charge in [0.05, 0.1) is 31.0 Å². The van der Waals surface area contributed by atoms with E-state index in [4.69, 9.17) is 4.74 Å². The fraction of sp³-hybridized carbons (Fsp3) is 0.348. The van der Waals surface area contributed by atoms with Crippen LogP contribution in [0.1, 0.15) is 23.6 Å². The number of aliphatic hydroxyl groups excluding tert-OH is 1. The van der Waals surface area contributed by atoms with Gasteiger partial charge >= 0.3 is 0 Å². The van der Waals surface area contributed by atoms with E-state index >= 15 is 0 Å². The lowest BCUT2D eigenvalue weighted by Gasteiger charge is -2.26. The minimum Gasteiger partial charge on any atom is -0.394 e. The summed E-state index contributed by atoms with van der Waals surface area (Å²) in [6.45, 7) is 1.78. The number of benzene rings is 1. The Labute approximate surface area is 183 Å². The Balaban J connectivity index is 1.59. The highest BCUT2D eigenvalue weighted by Crippen LogP contribution is 2.22. The molecule has 0 saturated carbocycles. The van der Waals surface area contributed by atoms with Crippen molar-refractivity contribution < 1.29 is 18.6 Å². The zero-order valence-electron chi connectivity index (χ0n) is 17.5. The van der Waals surface area contributed by atoms with Gasteiger partial charge in [-0.25, -0.2) is 18.7 Å².